The van der Waals surface area contributed by atoms with Gasteiger partial charge in [-0.15, -0.1) is 11.3 Å². The summed E-state index contributed by atoms with van der Waals surface area (Å²) in [6.07, 6.45) is 7.09. The molecule has 0 fully saturated rings. The molecule has 0 radical (unpaired) electrons. The molecule has 1 aromatic carbocycles. The molecule has 0 atom stereocenters. The van der Waals surface area contributed by atoms with Gasteiger partial charge in [-0.3, -0.25) is 14.9 Å². The predicted octanol–water partition coefficient (Wildman–Crippen LogP) is 6.72. The van der Waals surface area contributed by atoms with E-state index in [-0.39, 0.29) is 16.6 Å². The lowest BCUT2D eigenvalue weighted by Gasteiger charge is -2.12. The van der Waals surface area contributed by atoms with Gasteiger partial charge in [-0.1, -0.05) is 11.6 Å². The second-order valence-corrected chi connectivity index (χ2v) is 9.53. The molecule has 1 aliphatic carbocycles. The van der Waals surface area contributed by atoms with Crippen molar-refractivity contribution < 1.29 is 18.6 Å². The average molecular weight is 510 g/mol. The van der Waals surface area contributed by atoms with Crippen molar-refractivity contribution in [3.8, 4) is 11.3 Å². The number of fused-ring (bicyclic) bond motifs is 1. The molecule has 0 aliphatic heterocycles. The standard InChI is InChI=1S/C25H20ClN3O5S/c26-20-12-15(29(31)32)7-9-18(20)21-10-8-17(34-21)14-28-25-23(19-5-1-2-6-22(19)35-25)24(30)27-13-16-4-3-11-33-16/h3-4,7-12,14H,1-2,5-6,13H2,(H,27,30). The van der Waals surface area contributed by atoms with Crippen LogP contribution in [-0.4, -0.2) is 17.0 Å². The number of nitrogens with zero attached hydrogens (tertiary/aromatic N) is 2. The summed E-state index contributed by atoms with van der Waals surface area (Å²) in [4.78, 5) is 29.4. The van der Waals surface area contributed by atoms with E-state index in [9.17, 15) is 14.9 Å². The Labute approximate surface area is 209 Å². The minimum absolute atomic E-state index is 0.0911. The van der Waals surface area contributed by atoms with Crippen LogP contribution in [0.2, 0.25) is 5.02 Å². The van der Waals surface area contributed by atoms with Crippen LogP contribution in [0.4, 0.5) is 10.7 Å². The van der Waals surface area contributed by atoms with Crippen molar-refractivity contribution in [3.63, 3.8) is 0 Å². The van der Waals surface area contributed by atoms with Crippen molar-refractivity contribution in [3.05, 3.63) is 91.4 Å². The molecule has 1 N–H and O–H groups in total. The molecular formula is C25H20ClN3O5S. The summed E-state index contributed by atoms with van der Waals surface area (Å²) in [7, 11) is 0. The van der Waals surface area contributed by atoms with Crippen molar-refractivity contribution in [1.29, 1.82) is 0 Å². The number of nitro groups is 1. The van der Waals surface area contributed by atoms with E-state index in [1.807, 2.05) is 6.07 Å². The molecule has 0 saturated carbocycles. The summed E-state index contributed by atoms with van der Waals surface area (Å²) < 4.78 is 11.2. The maximum Gasteiger partial charge on any atom is 0.270 e. The number of hydrogen-bond acceptors (Lipinski definition) is 7. The van der Waals surface area contributed by atoms with Crippen LogP contribution in [0, 0.1) is 10.1 Å². The van der Waals surface area contributed by atoms with Crippen LogP contribution in [0.25, 0.3) is 11.3 Å². The maximum atomic E-state index is 13.1. The highest BCUT2D eigenvalue weighted by Crippen LogP contribution is 2.40. The van der Waals surface area contributed by atoms with E-state index in [0.29, 0.717) is 40.0 Å². The van der Waals surface area contributed by atoms with Gasteiger partial charge in [0.15, 0.2) is 0 Å². The third kappa shape index (κ3) is 4.91. The summed E-state index contributed by atoms with van der Waals surface area (Å²) in [6.45, 7) is 0.303. The van der Waals surface area contributed by atoms with E-state index < -0.39 is 4.92 Å². The number of nitro benzene ring substituents is 1. The number of benzene rings is 1. The van der Waals surface area contributed by atoms with Gasteiger partial charge in [0.05, 0.1) is 34.5 Å². The van der Waals surface area contributed by atoms with Crippen LogP contribution < -0.4 is 5.32 Å². The molecule has 10 heteroatoms. The summed E-state index contributed by atoms with van der Waals surface area (Å²) in [5.74, 6) is 1.45. The number of halogens is 1. The number of amides is 1. The molecule has 3 heterocycles. The molecule has 0 spiro atoms. The SMILES string of the molecule is O=C(NCc1ccco1)c1c(N=Cc2ccc(-c3ccc([N+](=O)[O-])cc3Cl)o2)sc2c1CCCC2. The van der Waals surface area contributed by atoms with Gasteiger partial charge in [0, 0.05) is 22.6 Å². The quantitative estimate of drug-likeness (QED) is 0.169. The Bertz CT molecular complexity index is 1420. The number of rotatable bonds is 7. The first kappa shape index (κ1) is 23.1. The lowest BCUT2D eigenvalue weighted by Crippen LogP contribution is -2.23. The molecule has 5 rings (SSSR count). The van der Waals surface area contributed by atoms with E-state index in [1.54, 1.807) is 36.7 Å². The largest absolute Gasteiger partial charge is 0.467 e. The van der Waals surface area contributed by atoms with Gasteiger partial charge in [0.1, 0.15) is 22.3 Å². The summed E-state index contributed by atoms with van der Waals surface area (Å²) >= 11 is 7.76. The fourth-order valence-corrected chi connectivity index (χ4v) is 5.55. The third-order valence-corrected chi connectivity index (χ3v) is 7.26. The molecule has 1 amide bonds. The predicted molar refractivity (Wildman–Crippen MR) is 134 cm³/mol. The second-order valence-electron chi connectivity index (χ2n) is 8.03. The molecule has 0 unspecified atom stereocenters. The topological polar surface area (TPSA) is 111 Å². The van der Waals surface area contributed by atoms with E-state index in [4.69, 9.17) is 20.4 Å². The number of aryl methyl sites for hydroxylation is 1. The monoisotopic (exact) mass is 509 g/mol. The Hall–Kier alpha value is -3.69. The third-order valence-electron chi connectivity index (χ3n) is 5.75. The number of carbonyl (C=O) groups is 1. The zero-order valence-electron chi connectivity index (χ0n) is 18.5. The second kappa shape index (κ2) is 9.89. The normalized spacial score (nSPS) is 13.2. The van der Waals surface area contributed by atoms with Gasteiger partial charge < -0.3 is 14.2 Å². The molecule has 35 heavy (non-hydrogen) atoms. The zero-order chi connectivity index (χ0) is 24.4. The smallest absolute Gasteiger partial charge is 0.270 e. The van der Waals surface area contributed by atoms with Crippen LogP contribution in [-0.2, 0) is 19.4 Å². The van der Waals surface area contributed by atoms with E-state index >= 15 is 0 Å². The average Bonchev–Trinajstić information content (AvgIpc) is 3.61. The Morgan fingerprint density at radius 2 is 2.09 bits per heavy atom. The van der Waals surface area contributed by atoms with Crippen molar-refractivity contribution in [2.75, 3.05) is 0 Å². The number of non-ortho nitro benzene ring substituents is 1. The van der Waals surface area contributed by atoms with Crippen LogP contribution in [0.3, 0.4) is 0 Å². The minimum Gasteiger partial charge on any atom is -0.467 e. The number of aliphatic imine (C=N–C) groups is 1. The summed E-state index contributed by atoms with van der Waals surface area (Å²) in [5, 5.41) is 14.7. The first-order chi connectivity index (χ1) is 17.0. The van der Waals surface area contributed by atoms with Crippen molar-refractivity contribution in [2.45, 2.75) is 32.2 Å². The zero-order valence-corrected chi connectivity index (χ0v) is 20.0. The number of thiophene rings is 1. The Kier molecular flexibility index (Phi) is 6.52. The van der Waals surface area contributed by atoms with Crippen LogP contribution in [0.5, 0.6) is 0 Å². The lowest BCUT2D eigenvalue weighted by molar-refractivity contribution is -0.384. The number of nitrogens with one attached hydrogen (secondary N) is 1. The molecule has 0 saturated heterocycles. The van der Waals surface area contributed by atoms with Gasteiger partial charge in [0.25, 0.3) is 11.6 Å². The van der Waals surface area contributed by atoms with Gasteiger partial charge >= 0.3 is 0 Å². The number of carbonyl (C=O) groups excluding carboxylic acids is 1. The minimum atomic E-state index is -0.501. The first-order valence-electron chi connectivity index (χ1n) is 11.0. The Morgan fingerprint density at radius 1 is 1.23 bits per heavy atom. The number of hydrogen-bond donors (Lipinski definition) is 1. The van der Waals surface area contributed by atoms with Gasteiger partial charge in [-0.05, 0) is 61.6 Å². The van der Waals surface area contributed by atoms with Crippen LogP contribution in [0.15, 0.2) is 62.6 Å². The first-order valence-corrected chi connectivity index (χ1v) is 12.2. The highest BCUT2D eigenvalue weighted by molar-refractivity contribution is 7.16. The molecule has 4 aromatic rings. The van der Waals surface area contributed by atoms with Crippen LogP contribution >= 0.6 is 22.9 Å². The summed E-state index contributed by atoms with van der Waals surface area (Å²) in [5.41, 5.74) is 2.13. The Morgan fingerprint density at radius 3 is 2.86 bits per heavy atom. The van der Waals surface area contributed by atoms with E-state index in [2.05, 4.69) is 10.3 Å². The van der Waals surface area contributed by atoms with Crippen molar-refractivity contribution in [2.24, 2.45) is 4.99 Å². The van der Waals surface area contributed by atoms with Gasteiger partial charge in [-0.25, -0.2) is 4.99 Å². The molecule has 3 aromatic heterocycles. The van der Waals surface area contributed by atoms with Crippen LogP contribution in [0.1, 0.15) is 45.2 Å². The van der Waals surface area contributed by atoms with Gasteiger partial charge in [0.2, 0.25) is 0 Å². The summed E-state index contributed by atoms with van der Waals surface area (Å²) in [6, 6.07) is 11.3. The molecule has 0 bridgehead atoms. The molecule has 8 nitrogen and oxygen atoms in total. The van der Waals surface area contributed by atoms with Gasteiger partial charge in [-0.2, -0.15) is 0 Å². The highest BCUT2D eigenvalue weighted by atomic mass is 35.5. The fraction of sp³-hybridized carbons (Fsp3) is 0.200. The molecular weight excluding hydrogens is 490 g/mol. The van der Waals surface area contributed by atoms with E-state index in [1.165, 1.54) is 28.3 Å². The lowest BCUT2D eigenvalue weighted by atomic mass is 9.95. The number of furan rings is 2. The maximum absolute atomic E-state index is 13.1. The van der Waals surface area contributed by atoms with E-state index in [0.717, 1.165) is 31.2 Å². The molecule has 1 aliphatic rings. The highest BCUT2D eigenvalue weighted by Gasteiger charge is 2.25. The molecule has 178 valence electrons. The fourth-order valence-electron chi connectivity index (χ4n) is 4.05. The van der Waals surface area contributed by atoms with Crippen molar-refractivity contribution in [1.82, 2.24) is 5.32 Å². The Balaban J connectivity index is 1.39. The van der Waals surface area contributed by atoms with Crippen molar-refractivity contribution >= 4 is 45.7 Å².